The fraction of sp³-hybridized carbons (Fsp3) is 0.500. The number of aromatic nitrogens is 2. The van der Waals surface area contributed by atoms with Gasteiger partial charge in [0.25, 0.3) is 0 Å². The minimum atomic E-state index is -3.67. The van der Waals surface area contributed by atoms with Crippen molar-refractivity contribution in [3.8, 4) is 0 Å². The van der Waals surface area contributed by atoms with E-state index < -0.39 is 27.0 Å². The van der Waals surface area contributed by atoms with E-state index in [0.717, 1.165) is 0 Å². The van der Waals surface area contributed by atoms with Crippen LogP contribution in [0.2, 0.25) is 0 Å². The van der Waals surface area contributed by atoms with Crippen LogP contribution < -0.4 is 0 Å². The first kappa shape index (κ1) is 13.6. The van der Waals surface area contributed by atoms with Crippen LogP contribution in [0, 0.1) is 5.92 Å². The summed E-state index contributed by atoms with van der Waals surface area (Å²) in [5, 5.41) is 7.55. The molecule has 0 aliphatic rings. The molecule has 0 spiro atoms. The average molecular weight is 258 g/mol. The van der Waals surface area contributed by atoms with E-state index >= 15 is 0 Å². The Labute approximate surface area is 99.6 Å². The Hall–Kier alpha value is -1.50. The first-order valence-corrected chi connectivity index (χ1v) is 6.63. The molecular formula is C10H14N2O4S. The third kappa shape index (κ3) is 3.23. The van der Waals surface area contributed by atoms with E-state index in [1.807, 2.05) is 0 Å². The number of carboxylic acids is 1. The largest absolute Gasteiger partial charge is 0.481 e. The number of aliphatic carboxylic acids is 1. The molecule has 0 aromatic carbocycles. The van der Waals surface area contributed by atoms with Crippen LogP contribution in [0.1, 0.15) is 20.3 Å². The van der Waals surface area contributed by atoms with E-state index in [0.29, 0.717) is 0 Å². The van der Waals surface area contributed by atoms with Crippen molar-refractivity contribution in [2.75, 3.05) is 0 Å². The molecule has 1 heterocycles. The third-order valence-electron chi connectivity index (χ3n) is 2.58. The van der Waals surface area contributed by atoms with E-state index in [4.69, 9.17) is 5.11 Å². The number of nitrogens with zero attached hydrogens (tertiary/aromatic N) is 2. The lowest BCUT2D eigenvalue weighted by Crippen LogP contribution is -2.28. The van der Waals surface area contributed by atoms with Gasteiger partial charge in [-0.1, -0.05) is 6.92 Å². The summed E-state index contributed by atoms with van der Waals surface area (Å²) in [6, 6.07) is 1.52. The number of rotatable bonds is 5. The van der Waals surface area contributed by atoms with E-state index in [-0.39, 0.29) is 11.6 Å². The first-order chi connectivity index (χ1) is 7.85. The van der Waals surface area contributed by atoms with Crippen LogP contribution >= 0.6 is 0 Å². The Morgan fingerprint density at radius 2 is 1.88 bits per heavy atom. The summed E-state index contributed by atoms with van der Waals surface area (Å²) in [6.07, 6.45) is 2.48. The van der Waals surface area contributed by atoms with Crippen LogP contribution in [-0.4, -0.2) is 34.7 Å². The lowest BCUT2D eigenvalue weighted by Gasteiger charge is -2.17. The molecule has 6 nitrogen and oxygen atoms in total. The van der Waals surface area contributed by atoms with Gasteiger partial charge < -0.3 is 5.11 Å². The van der Waals surface area contributed by atoms with Crippen molar-refractivity contribution in [2.24, 2.45) is 5.92 Å². The van der Waals surface area contributed by atoms with Crippen LogP contribution in [0.5, 0.6) is 0 Å². The molecule has 0 fully saturated rings. The summed E-state index contributed by atoms with van der Waals surface area (Å²) in [5.74, 6) is -1.52. The second kappa shape index (κ2) is 5.22. The third-order valence-corrected chi connectivity index (χ3v) is 4.75. The Morgan fingerprint density at radius 1 is 1.35 bits per heavy atom. The summed E-state index contributed by atoms with van der Waals surface area (Å²) >= 11 is 0. The lowest BCUT2D eigenvalue weighted by molar-refractivity contribution is -0.137. The van der Waals surface area contributed by atoms with Gasteiger partial charge in [-0.25, -0.2) is 18.4 Å². The van der Waals surface area contributed by atoms with Crippen molar-refractivity contribution in [3.63, 3.8) is 0 Å². The van der Waals surface area contributed by atoms with E-state index in [9.17, 15) is 13.2 Å². The number of carboxylic acid groups (broad SMARTS) is 1. The van der Waals surface area contributed by atoms with Crippen LogP contribution in [0.4, 0.5) is 0 Å². The quantitative estimate of drug-likeness (QED) is 0.783. The molecule has 94 valence electrons. The molecule has 7 heteroatoms. The molecule has 0 aliphatic heterocycles. The maximum absolute atomic E-state index is 12.0. The molecule has 0 amide bonds. The molecular weight excluding hydrogens is 244 g/mol. The zero-order valence-corrected chi connectivity index (χ0v) is 10.4. The van der Waals surface area contributed by atoms with Gasteiger partial charge in [-0.15, -0.1) is 0 Å². The fourth-order valence-corrected chi connectivity index (χ4v) is 2.80. The molecule has 1 rings (SSSR count). The SMILES string of the molecule is C[C@H](CC(=O)O)[C@@H](C)S(=O)(=O)c1ncccn1. The van der Waals surface area contributed by atoms with Crippen LogP contribution in [0.25, 0.3) is 0 Å². The molecule has 0 bridgehead atoms. The minimum Gasteiger partial charge on any atom is -0.481 e. The highest BCUT2D eigenvalue weighted by molar-refractivity contribution is 7.91. The maximum Gasteiger partial charge on any atom is 0.303 e. The Morgan fingerprint density at radius 3 is 2.35 bits per heavy atom. The fourth-order valence-electron chi connectivity index (χ4n) is 1.35. The van der Waals surface area contributed by atoms with Crippen LogP contribution in [0.3, 0.4) is 0 Å². The Bertz CT molecular complexity index is 486. The van der Waals surface area contributed by atoms with Gasteiger partial charge in [0, 0.05) is 18.8 Å². The minimum absolute atomic E-state index is 0.201. The predicted molar refractivity (Wildman–Crippen MR) is 60.1 cm³/mol. The molecule has 1 aromatic rings. The predicted octanol–water partition coefficient (Wildman–Crippen LogP) is 0.750. The first-order valence-electron chi connectivity index (χ1n) is 5.08. The van der Waals surface area contributed by atoms with Crippen molar-refractivity contribution < 1.29 is 18.3 Å². The number of hydrogen-bond acceptors (Lipinski definition) is 5. The van der Waals surface area contributed by atoms with Crippen molar-refractivity contribution in [2.45, 2.75) is 30.7 Å². The highest BCUT2D eigenvalue weighted by atomic mass is 32.2. The molecule has 1 N–H and O–H groups in total. The smallest absolute Gasteiger partial charge is 0.303 e. The summed E-state index contributed by atoms with van der Waals surface area (Å²) in [5.41, 5.74) is 0. The number of hydrogen-bond donors (Lipinski definition) is 1. The summed E-state index contributed by atoms with van der Waals surface area (Å²) in [7, 11) is -3.67. The summed E-state index contributed by atoms with van der Waals surface area (Å²) in [4.78, 5) is 17.9. The zero-order valence-electron chi connectivity index (χ0n) is 9.57. The molecule has 0 saturated heterocycles. The van der Waals surface area contributed by atoms with Crippen molar-refractivity contribution in [1.82, 2.24) is 9.97 Å². The van der Waals surface area contributed by atoms with Crippen molar-refractivity contribution in [3.05, 3.63) is 18.5 Å². The van der Waals surface area contributed by atoms with E-state index in [1.165, 1.54) is 25.4 Å². The van der Waals surface area contributed by atoms with Gasteiger partial charge in [-0.05, 0) is 18.9 Å². The van der Waals surface area contributed by atoms with Crippen LogP contribution in [0.15, 0.2) is 23.6 Å². The Balaban J connectivity index is 2.95. The standard InChI is InChI=1S/C10H14N2O4S/c1-7(6-9(13)14)8(2)17(15,16)10-11-4-3-5-12-10/h3-5,7-8H,6H2,1-2H3,(H,13,14)/t7-,8-/m1/s1. The van der Waals surface area contributed by atoms with Gasteiger partial charge in [0.05, 0.1) is 5.25 Å². The molecule has 0 unspecified atom stereocenters. The van der Waals surface area contributed by atoms with Gasteiger partial charge >= 0.3 is 5.97 Å². The highest BCUT2D eigenvalue weighted by Crippen LogP contribution is 2.20. The van der Waals surface area contributed by atoms with Gasteiger partial charge in [0.15, 0.2) is 0 Å². The van der Waals surface area contributed by atoms with Crippen LogP contribution in [-0.2, 0) is 14.6 Å². The average Bonchev–Trinajstić information content (AvgIpc) is 2.28. The second-order valence-electron chi connectivity index (χ2n) is 3.86. The highest BCUT2D eigenvalue weighted by Gasteiger charge is 2.31. The Kier molecular flexibility index (Phi) is 4.17. The lowest BCUT2D eigenvalue weighted by atomic mass is 10.1. The molecule has 17 heavy (non-hydrogen) atoms. The molecule has 0 radical (unpaired) electrons. The maximum atomic E-state index is 12.0. The van der Waals surface area contributed by atoms with Gasteiger partial charge in [0.1, 0.15) is 0 Å². The van der Waals surface area contributed by atoms with Crippen molar-refractivity contribution >= 4 is 15.8 Å². The molecule has 2 atom stereocenters. The topological polar surface area (TPSA) is 97.2 Å². The van der Waals surface area contributed by atoms with E-state index in [2.05, 4.69) is 9.97 Å². The number of sulfone groups is 1. The number of carbonyl (C=O) groups is 1. The monoisotopic (exact) mass is 258 g/mol. The second-order valence-corrected chi connectivity index (χ2v) is 6.06. The molecule has 0 saturated carbocycles. The van der Waals surface area contributed by atoms with Gasteiger partial charge in [-0.2, -0.15) is 0 Å². The normalized spacial score (nSPS) is 15.2. The molecule has 0 aliphatic carbocycles. The zero-order chi connectivity index (χ0) is 13.1. The van der Waals surface area contributed by atoms with Gasteiger partial charge in [0.2, 0.25) is 15.0 Å². The summed E-state index contributed by atoms with van der Waals surface area (Å²) in [6.45, 7) is 3.05. The van der Waals surface area contributed by atoms with E-state index in [1.54, 1.807) is 6.92 Å². The van der Waals surface area contributed by atoms with Crippen molar-refractivity contribution in [1.29, 1.82) is 0 Å². The van der Waals surface area contributed by atoms with Gasteiger partial charge in [-0.3, -0.25) is 4.79 Å². The summed E-state index contributed by atoms with van der Waals surface area (Å²) < 4.78 is 24.1. The molecule has 1 aromatic heterocycles.